The molecule has 108 valence electrons. The molecule has 1 aromatic carbocycles. The highest BCUT2D eigenvalue weighted by atomic mass is 32.2. The lowest BCUT2D eigenvalue weighted by atomic mass is 9.95. The van der Waals surface area contributed by atoms with Gasteiger partial charge in [0.25, 0.3) is 5.91 Å². The van der Waals surface area contributed by atoms with Crippen LogP contribution in [0.15, 0.2) is 18.2 Å². The minimum Gasteiger partial charge on any atom is -0.323 e. The number of nitrogens with two attached hydrogens (primary N) is 1. The maximum absolute atomic E-state index is 12.0. The third-order valence-electron chi connectivity index (χ3n) is 3.30. The normalized spacial score (nSPS) is 17.1. The monoisotopic (exact) mass is 296 g/mol. The number of hydrogen-bond acceptors (Lipinski definition) is 5. The van der Waals surface area contributed by atoms with E-state index in [1.165, 1.54) is 7.05 Å². The second-order valence-electron chi connectivity index (χ2n) is 5.05. The first kappa shape index (κ1) is 14.7. The summed E-state index contributed by atoms with van der Waals surface area (Å²) in [7, 11) is -1.77. The van der Waals surface area contributed by atoms with Gasteiger partial charge in [-0.1, -0.05) is 12.1 Å². The van der Waals surface area contributed by atoms with Crippen molar-refractivity contribution in [2.45, 2.75) is 12.5 Å². The summed E-state index contributed by atoms with van der Waals surface area (Å²) in [5.41, 5.74) is 7.48. The van der Waals surface area contributed by atoms with E-state index in [1.54, 1.807) is 18.2 Å². The second kappa shape index (κ2) is 4.99. The van der Waals surface area contributed by atoms with Gasteiger partial charge >= 0.3 is 0 Å². The largest absolute Gasteiger partial charge is 0.323 e. The van der Waals surface area contributed by atoms with Crippen LogP contribution in [-0.4, -0.2) is 44.2 Å². The molecule has 0 saturated carbocycles. The molecule has 0 radical (unpaired) electrons. The fraction of sp³-hybridized carbons (Fsp3) is 0.385. The SMILES string of the molecule is CN1C(=O)Cc2ccc(C(N)CS(C)(=O)=O)cc2C1=O. The number of likely N-dealkylation sites (N-methyl/N-ethyl adjacent to an activating group) is 1. The van der Waals surface area contributed by atoms with Crippen LogP contribution in [-0.2, 0) is 21.1 Å². The highest BCUT2D eigenvalue weighted by Gasteiger charge is 2.28. The Morgan fingerprint density at radius 1 is 1.35 bits per heavy atom. The summed E-state index contributed by atoms with van der Waals surface area (Å²) in [5.74, 6) is -0.824. The number of nitrogens with zero attached hydrogens (tertiary/aromatic N) is 1. The molecule has 1 aliphatic heterocycles. The molecule has 1 aromatic rings. The average Bonchev–Trinajstić information content (AvgIpc) is 2.34. The molecular weight excluding hydrogens is 280 g/mol. The third-order valence-corrected chi connectivity index (χ3v) is 4.26. The molecule has 0 spiro atoms. The molecule has 1 aliphatic rings. The Labute approximate surface area is 117 Å². The maximum atomic E-state index is 12.0. The van der Waals surface area contributed by atoms with Crippen LogP contribution in [0.5, 0.6) is 0 Å². The van der Waals surface area contributed by atoms with Crippen molar-refractivity contribution >= 4 is 21.7 Å². The van der Waals surface area contributed by atoms with Crippen molar-refractivity contribution in [2.75, 3.05) is 19.1 Å². The molecule has 2 amide bonds. The molecular formula is C13H16N2O4S. The summed E-state index contributed by atoms with van der Waals surface area (Å²) < 4.78 is 22.5. The van der Waals surface area contributed by atoms with Crippen molar-refractivity contribution in [1.29, 1.82) is 0 Å². The Balaban J connectivity index is 2.37. The van der Waals surface area contributed by atoms with Gasteiger partial charge in [0.15, 0.2) is 0 Å². The first-order valence-electron chi connectivity index (χ1n) is 6.06. The van der Waals surface area contributed by atoms with Crippen molar-refractivity contribution in [3.8, 4) is 0 Å². The van der Waals surface area contributed by atoms with Gasteiger partial charge < -0.3 is 5.73 Å². The molecule has 0 aliphatic carbocycles. The zero-order valence-corrected chi connectivity index (χ0v) is 12.1. The quantitative estimate of drug-likeness (QED) is 0.785. The van der Waals surface area contributed by atoms with Gasteiger partial charge in [0.2, 0.25) is 5.91 Å². The summed E-state index contributed by atoms with van der Waals surface area (Å²) in [6.07, 6.45) is 1.28. The predicted molar refractivity (Wildman–Crippen MR) is 73.9 cm³/mol. The van der Waals surface area contributed by atoms with Crippen molar-refractivity contribution in [1.82, 2.24) is 4.90 Å². The summed E-state index contributed by atoms with van der Waals surface area (Å²) >= 11 is 0. The van der Waals surface area contributed by atoms with Gasteiger partial charge in [-0.25, -0.2) is 8.42 Å². The van der Waals surface area contributed by atoms with Crippen molar-refractivity contribution in [2.24, 2.45) is 5.73 Å². The molecule has 1 atom stereocenters. The molecule has 0 fully saturated rings. The number of benzene rings is 1. The van der Waals surface area contributed by atoms with Gasteiger partial charge in [0, 0.05) is 24.9 Å². The number of sulfone groups is 1. The van der Waals surface area contributed by atoms with Gasteiger partial charge in [0.05, 0.1) is 12.2 Å². The highest BCUT2D eigenvalue weighted by molar-refractivity contribution is 7.90. The van der Waals surface area contributed by atoms with E-state index in [1.807, 2.05) is 0 Å². The Kier molecular flexibility index (Phi) is 3.66. The Bertz CT molecular complexity index is 682. The second-order valence-corrected chi connectivity index (χ2v) is 7.24. The van der Waals surface area contributed by atoms with Crippen LogP contribution < -0.4 is 5.73 Å². The molecule has 1 heterocycles. The molecule has 2 N–H and O–H groups in total. The van der Waals surface area contributed by atoms with E-state index < -0.39 is 15.9 Å². The summed E-state index contributed by atoms with van der Waals surface area (Å²) in [6.45, 7) is 0. The van der Waals surface area contributed by atoms with Crippen LogP contribution in [0.4, 0.5) is 0 Å². The number of hydrogen-bond donors (Lipinski definition) is 1. The summed E-state index contributed by atoms with van der Waals surface area (Å²) in [6, 6.07) is 4.22. The maximum Gasteiger partial charge on any atom is 0.260 e. The Morgan fingerprint density at radius 2 is 2.00 bits per heavy atom. The molecule has 0 bridgehead atoms. The molecule has 7 heteroatoms. The van der Waals surface area contributed by atoms with Crippen molar-refractivity contribution in [3.05, 3.63) is 34.9 Å². The summed E-state index contributed by atoms with van der Waals surface area (Å²) in [4.78, 5) is 24.7. The van der Waals surface area contributed by atoms with Crippen LogP contribution in [0.1, 0.15) is 27.5 Å². The van der Waals surface area contributed by atoms with E-state index in [-0.39, 0.29) is 24.0 Å². The van der Waals surface area contributed by atoms with E-state index in [9.17, 15) is 18.0 Å². The lowest BCUT2D eigenvalue weighted by Gasteiger charge is -2.24. The lowest BCUT2D eigenvalue weighted by Crippen LogP contribution is -2.39. The van der Waals surface area contributed by atoms with E-state index in [0.29, 0.717) is 16.7 Å². The topological polar surface area (TPSA) is 97.5 Å². The minimum absolute atomic E-state index is 0.166. The highest BCUT2D eigenvalue weighted by Crippen LogP contribution is 2.23. The number of fused-ring (bicyclic) bond motifs is 1. The van der Waals surface area contributed by atoms with Crippen LogP contribution in [0, 0.1) is 0 Å². The number of rotatable bonds is 3. The standard InChI is InChI=1S/C13H16N2O4S/c1-15-12(16)6-8-3-4-9(5-10(8)13(15)17)11(14)7-20(2,18)19/h3-5,11H,6-7,14H2,1-2H3. The third kappa shape index (κ3) is 2.88. The van der Waals surface area contributed by atoms with E-state index in [2.05, 4.69) is 0 Å². The zero-order valence-electron chi connectivity index (χ0n) is 11.3. The van der Waals surface area contributed by atoms with Gasteiger partial charge in [-0.2, -0.15) is 0 Å². The average molecular weight is 296 g/mol. The number of amides is 2. The fourth-order valence-electron chi connectivity index (χ4n) is 2.18. The smallest absolute Gasteiger partial charge is 0.260 e. The number of carbonyl (C=O) groups excluding carboxylic acids is 2. The molecule has 1 unspecified atom stereocenters. The number of imide groups is 1. The first-order chi connectivity index (χ1) is 9.19. The Morgan fingerprint density at radius 3 is 2.60 bits per heavy atom. The van der Waals surface area contributed by atoms with Crippen LogP contribution in [0.3, 0.4) is 0 Å². The van der Waals surface area contributed by atoms with Crippen LogP contribution >= 0.6 is 0 Å². The van der Waals surface area contributed by atoms with Gasteiger partial charge in [-0.05, 0) is 17.2 Å². The van der Waals surface area contributed by atoms with E-state index >= 15 is 0 Å². The zero-order chi connectivity index (χ0) is 15.1. The van der Waals surface area contributed by atoms with Gasteiger partial charge in [-0.3, -0.25) is 14.5 Å². The molecule has 20 heavy (non-hydrogen) atoms. The molecule has 0 saturated heterocycles. The Hall–Kier alpha value is -1.73. The lowest BCUT2D eigenvalue weighted by molar-refractivity contribution is -0.127. The van der Waals surface area contributed by atoms with Gasteiger partial charge in [-0.15, -0.1) is 0 Å². The molecule has 6 nitrogen and oxygen atoms in total. The van der Waals surface area contributed by atoms with E-state index in [0.717, 1.165) is 11.2 Å². The summed E-state index contributed by atoms with van der Waals surface area (Å²) in [5, 5.41) is 0. The van der Waals surface area contributed by atoms with Crippen molar-refractivity contribution in [3.63, 3.8) is 0 Å². The predicted octanol–water partition coefficient (Wildman–Crippen LogP) is -0.114. The van der Waals surface area contributed by atoms with E-state index in [4.69, 9.17) is 5.73 Å². The minimum atomic E-state index is -3.20. The van der Waals surface area contributed by atoms with Crippen molar-refractivity contribution < 1.29 is 18.0 Å². The number of carbonyl (C=O) groups is 2. The first-order valence-corrected chi connectivity index (χ1v) is 8.12. The molecule has 2 rings (SSSR count). The van der Waals surface area contributed by atoms with Crippen LogP contribution in [0.25, 0.3) is 0 Å². The fourth-order valence-corrected chi connectivity index (χ4v) is 3.02. The van der Waals surface area contributed by atoms with Crippen LogP contribution in [0.2, 0.25) is 0 Å². The van der Waals surface area contributed by atoms with Gasteiger partial charge in [0.1, 0.15) is 9.84 Å². The molecule has 0 aromatic heterocycles.